The van der Waals surface area contributed by atoms with Gasteiger partial charge in [-0.15, -0.1) is 0 Å². The number of nitrogens with zero attached hydrogens (tertiary/aromatic N) is 5. The Kier molecular flexibility index (Phi) is 6.70. The Balaban J connectivity index is 1.80. The number of halogens is 2. The van der Waals surface area contributed by atoms with Gasteiger partial charge in [0.25, 0.3) is 0 Å². The van der Waals surface area contributed by atoms with Crippen molar-refractivity contribution in [1.29, 1.82) is 0 Å². The molecule has 0 spiro atoms. The van der Waals surface area contributed by atoms with Gasteiger partial charge in [-0.3, -0.25) is 0 Å². The van der Waals surface area contributed by atoms with Crippen molar-refractivity contribution in [3.8, 4) is 0 Å². The molecule has 0 saturated carbocycles. The van der Waals surface area contributed by atoms with Crippen LogP contribution in [0.4, 0.5) is 31.3 Å². The highest BCUT2D eigenvalue weighted by Gasteiger charge is 2.29. The van der Waals surface area contributed by atoms with E-state index in [4.69, 9.17) is 16.3 Å². The number of carboxylic acid groups (broad SMARTS) is 1. The van der Waals surface area contributed by atoms with Crippen LogP contribution in [0, 0.1) is 5.82 Å². The van der Waals surface area contributed by atoms with Crippen LogP contribution in [0.5, 0.6) is 0 Å². The number of nitrogens with one attached hydrogen (secondary N) is 1. The molecule has 1 fully saturated rings. The molecule has 1 aromatic carbocycles. The number of carbonyl (C=O) groups is 2. The lowest BCUT2D eigenvalue weighted by molar-refractivity contribution is 0.0597. The van der Waals surface area contributed by atoms with Crippen molar-refractivity contribution in [2.24, 2.45) is 0 Å². The van der Waals surface area contributed by atoms with Gasteiger partial charge in [-0.05, 0) is 51.8 Å². The van der Waals surface area contributed by atoms with E-state index in [1.807, 2.05) is 0 Å². The molecule has 2 N–H and O–H groups in total. The second-order valence-corrected chi connectivity index (χ2v) is 9.64. The molecule has 1 atom stereocenters. The van der Waals surface area contributed by atoms with Gasteiger partial charge in [0.1, 0.15) is 28.1 Å². The van der Waals surface area contributed by atoms with Gasteiger partial charge in [0.2, 0.25) is 0 Å². The molecule has 0 radical (unpaired) electrons. The van der Waals surface area contributed by atoms with Crippen molar-refractivity contribution in [1.82, 2.24) is 19.5 Å². The first-order chi connectivity index (χ1) is 16.5. The summed E-state index contributed by atoms with van der Waals surface area (Å²) in [5.41, 5.74) is -0.332. The van der Waals surface area contributed by atoms with Crippen LogP contribution >= 0.6 is 11.6 Å². The number of piperidine rings is 1. The predicted molar refractivity (Wildman–Crippen MR) is 129 cm³/mol. The zero-order chi connectivity index (χ0) is 25.3. The van der Waals surface area contributed by atoms with Gasteiger partial charge in [-0.1, -0.05) is 17.7 Å². The van der Waals surface area contributed by atoms with E-state index in [0.29, 0.717) is 18.8 Å². The molecule has 12 heteroatoms. The summed E-state index contributed by atoms with van der Waals surface area (Å²) < 4.78 is 21.1. The number of anilines is 3. The number of ether oxygens (including phenoxy) is 1. The van der Waals surface area contributed by atoms with Crippen LogP contribution in [-0.2, 0) is 4.74 Å². The second-order valence-electron chi connectivity index (χ2n) is 9.24. The lowest BCUT2D eigenvalue weighted by Crippen LogP contribution is -2.44. The topological polar surface area (TPSA) is 112 Å². The summed E-state index contributed by atoms with van der Waals surface area (Å²) in [5.74, 6) is 0.0430. The molecule has 3 heterocycles. The fraction of sp³-hybridized carbons (Fsp3) is 0.391. The van der Waals surface area contributed by atoms with Gasteiger partial charge in [0.05, 0.1) is 11.9 Å². The maximum atomic E-state index is 14.2. The molecule has 2 amide bonds. The first-order valence-electron chi connectivity index (χ1n) is 11.1. The standard InChI is InChI=1S/C23H26ClFN6O4/c1-23(2,3)35-22(34)30(16-8-4-6-14(25)10-16)19-11-18(28-20-17(24)12-26-31(19)20)27-15-7-5-9-29(13-15)21(32)33/h4,6,8,10-12,15H,5,7,9,13H2,1-3H3,(H,27,28)(H,32,33)/t15-/m0/s1. The molecule has 1 aliphatic heterocycles. The van der Waals surface area contributed by atoms with Crippen molar-refractivity contribution in [3.05, 3.63) is 47.4 Å². The lowest BCUT2D eigenvalue weighted by atomic mass is 10.1. The van der Waals surface area contributed by atoms with E-state index in [0.717, 1.165) is 6.42 Å². The highest BCUT2D eigenvalue weighted by atomic mass is 35.5. The number of hydrogen-bond acceptors (Lipinski definition) is 6. The SMILES string of the molecule is CC(C)(C)OC(=O)N(c1cccc(F)c1)c1cc(N[C@H]2CCCN(C(=O)O)C2)nc2c(Cl)cnn12. The molecule has 1 saturated heterocycles. The van der Waals surface area contributed by atoms with Gasteiger partial charge in [0.15, 0.2) is 5.65 Å². The molecule has 186 valence electrons. The fourth-order valence-corrected chi connectivity index (χ4v) is 4.05. The highest BCUT2D eigenvalue weighted by Crippen LogP contribution is 2.32. The van der Waals surface area contributed by atoms with E-state index in [1.54, 1.807) is 32.9 Å². The number of fused-ring (bicyclic) bond motifs is 1. The van der Waals surface area contributed by atoms with Crippen molar-refractivity contribution >= 4 is 46.8 Å². The Morgan fingerprint density at radius 3 is 2.77 bits per heavy atom. The number of rotatable bonds is 4. The Bertz CT molecular complexity index is 1260. The average molecular weight is 505 g/mol. The summed E-state index contributed by atoms with van der Waals surface area (Å²) in [6.45, 7) is 5.93. The molecule has 0 bridgehead atoms. The summed E-state index contributed by atoms with van der Waals surface area (Å²) >= 11 is 6.33. The Morgan fingerprint density at radius 1 is 1.31 bits per heavy atom. The van der Waals surface area contributed by atoms with Crippen LogP contribution in [-0.4, -0.2) is 61.5 Å². The number of amides is 2. The quantitative estimate of drug-likeness (QED) is 0.505. The minimum Gasteiger partial charge on any atom is -0.465 e. The molecule has 4 rings (SSSR count). The van der Waals surface area contributed by atoms with Crippen LogP contribution < -0.4 is 10.2 Å². The summed E-state index contributed by atoms with van der Waals surface area (Å²) in [5, 5.41) is 17.1. The van der Waals surface area contributed by atoms with E-state index in [2.05, 4.69) is 15.4 Å². The fourth-order valence-electron chi connectivity index (χ4n) is 3.89. The molecule has 0 unspecified atom stereocenters. The highest BCUT2D eigenvalue weighted by molar-refractivity contribution is 6.33. The molecule has 3 aromatic rings. The largest absolute Gasteiger partial charge is 0.465 e. The van der Waals surface area contributed by atoms with Gasteiger partial charge < -0.3 is 20.1 Å². The zero-order valence-electron chi connectivity index (χ0n) is 19.5. The molecule has 1 aliphatic rings. The van der Waals surface area contributed by atoms with Crippen molar-refractivity contribution in [2.45, 2.75) is 45.3 Å². The van der Waals surface area contributed by atoms with Gasteiger partial charge >= 0.3 is 12.2 Å². The third-order valence-electron chi connectivity index (χ3n) is 5.33. The summed E-state index contributed by atoms with van der Waals surface area (Å²) in [6.07, 6.45) is 1.09. The first kappa shape index (κ1) is 24.5. The van der Waals surface area contributed by atoms with E-state index in [9.17, 15) is 19.1 Å². The van der Waals surface area contributed by atoms with Crippen LogP contribution in [0.25, 0.3) is 5.65 Å². The minimum atomic E-state index is -0.985. The molecule has 10 nitrogen and oxygen atoms in total. The molecule has 0 aliphatic carbocycles. The molecular formula is C23H26ClFN6O4. The lowest BCUT2D eigenvalue weighted by Gasteiger charge is -2.32. The summed E-state index contributed by atoms with van der Waals surface area (Å²) in [4.78, 5) is 31.8. The zero-order valence-corrected chi connectivity index (χ0v) is 20.3. The van der Waals surface area contributed by atoms with Gasteiger partial charge in [-0.25, -0.2) is 23.9 Å². The maximum absolute atomic E-state index is 14.2. The third kappa shape index (κ3) is 5.56. The number of benzene rings is 1. The Hall–Kier alpha value is -3.60. The van der Waals surface area contributed by atoms with E-state index >= 15 is 0 Å². The van der Waals surface area contributed by atoms with Crippen LogP contribution in [0.1, 0.15) is 33.6 Å². The number of hydrogen-bond donors (Lipinski definition) is 2. The third-order valence-corrected chi connectivity index (χ3v) is 5.59. The summed E-state index contributed by atoms with van der Waals surface area (Å²) in [6, 6.07) is 6.91. The minimum absolute atomic E-state index is 0.200. The first-order valence-corrected chi connectivity index (χ1v) is 11.5. The number of aromatic nitrogens is 3. The smallest absolute Gasteiger partial charge is 0.420 e. The van der Waals surface area contributed by atoms with E-state index in [1.165, 1.54) is 38.7 Å². The van der Waals surface area contributed by atoms with Crippen molar-refractivity contribution in [3.63, 3.8) is 0 Å². The molecule has 2 aromatic heterocycles. The van der Waals surface area contributed by atoms with E-state index < -0.39 is 23.6 Å². The number of likely N-dealkylation sites (tertiary alicyclic amines) is 1. The molecular weight excluding hydrogens is 479 g/mol. The normalized spacial score (nSPS) is 16.3. The predicted octanol–water partition coefficient (Wildman–Crippen LogP) is 5.15. The van der Waals surface area contributed by atoms with Crippen molar-refractivity contribution < 1.29 is 23.8 Å². The summed E-state index contributed by atoms with van der Waals surface area (Å²) in [7, 11) is 0. The van der Waals surface area contributed by atoms with E-state index in [-0.39, 0.29) is 34.8 Å². The van der Waals surface area contributed by atoms with Crippen LogP contribution in [0.15, 0.2) is 36.5 Å². The van der Waals surface area contributed by atoms with Gasteiger partial charge in [0, 0.05) is 25.2 Å². The Labute approximate surface area is 206 Å². The second kappa shape index (κ2) is 9.57. The Morgan fingerprint density at radius 2 is 2.09 bits per heavy atom. The number of carbonyl (C=O) groups excluding carboxylic acids is 1. The van der Waals surface area contributed by atoms with Crippen molar-refractivity contribution in [2.75, 3.05) is 23.3 Å². The maximum Gasteiger partial charge on any atom is 0.420 e. The molecule has 35 heavy (non-hydrogen) atoms. The van der Waals surface area contributed by atoms with Crippen LogP contribution in [0.2, 0.25) is 5.02 Å². The van der Waals surface area contributed by atoms with Crippen LogP contribution in [0.3, 0.4) is 0 Å². The van der Waals surface area contributed by atoms with Gasteiger partial charge in [-0.2, -0.15) is 9.61 Å². The average Bonchev–Trinajstić information content (AvgIpc) is 3.14. The monoisotopic (exact) mass is 504 g/mol.